The summed E-state index contributed by atoms with van der Waals surface area (Å²) in [6.45, 7) is 12.1. The van der Waals surface area contributed by atoms with E-state index >= 15 is 0 Å². The number of nitrogens with zero attached hydrogens (tertiary/aromatic N) is 1. The number of rotatable bonds is 2. The predicted octanol–water partition coefficient (Wildman–Crippen LogP) is 1.46. The number of carbonyl (C=O) groups excluding carboxylic acids is 1. The Balaban J connectivity index is 2.04. The SMILES string of the molecule is CC1CCN(CC2C(=O)C(C)(C)OC2(C)C)CC1O. The first-order chi connectivity index (χ1) is 8.63. The summed E-state index contributed by atoms with van der Waals surface area (Å²) in [5, 5.41) is 9.96. The van der Waals surface area contributed by atoms with E-state index in [0.717, 1.165) is 13.0 Å². The Morgan fingerprint density at radius 3 is 2.47 bits per heavy atom. The van der Waals surface area contributed by atoms with E-state index in [1.165, 1.54) is 0 Å². The maximum absolute atomic E-state index is 12.4. The van der Waals surface area contributed by atoms with Crippen LogP contribution in [-0.2, 0) is 9.53 Å². The third kappa shape index (κ3) is 2.86. The molecule has 1 N–H and O–H groups in total. The van der Waals surface area contributed by atoms with Crippen molar-refractivity contribution in [3.8, 4) is 0 Å². The summed E-state index contributed by atoms with van der Waals surface area (Å²) in [6.07, 6.45) is 0.717. The van der Waals surface area contributed by atoms with Crippen LogP contribution in [0, 0.1) is 11.8 Å². The van der Waals surface area contributed by atoms with Gasteiger partial charge in [-0.25, -0.2) is 0 Å². The first kappa shape index (κ1) is 14.9. The second-order valence-corrected chi connectivity index (χ2v) is 7.23. The summed E-state index contributed by atoms with van der Waals surface area (Å²) in [5.74, 6) is 0.435. The standard InChI is InChI=1S/C15H27NO3/c1-10-6-7-16(9-12(10)17)8-11-13(18)15(4,5)19-14(11,2)3/h10-12,17H,6-9H2,1-5H3. The fourth-order valence-electron chi connectivity index (χ4n) is 3.36. The van der Waals surface area contributed by atoms with Gasteiger partial charge in [-0.2, -0.15) is 0 Å². The highest BCUT2D eigenvalue weighted by atomic mass is 16.5. The average Bonchev–Trinajstić information content (AvgIpc) is 2.42. The molecule has 2 aliphatic heterocycles. The van der Waals surface area contributed by atoms with Gasteiger partial charge in [0.25, 0.3) is 0 Å². The molecule has 2 rings (SSSR count). The highest BCUT2D eigenvalue weighted by molar-refractivity contribution is 5.91. The number of β-amino-alcohol motifs (C(OH)–C–C–N with tert-alkyl or cyclic N) is 1. The summed E-state index contributed by atoms with van der Waals surface area (Å²) in [4.78, 5) is 14.7. The van der Waals surface area contributed by atoms with Crippen LogP contribution in [0.5, 0.6) is 0 Å². The highest BCUT2D eigenvalue weighted by Crippen LogP contribution is 2.39. The van der Waals surface area contributed by atoms with E-state index in [4.69, 9.17) is 4.74 Å². The third-order valence-corrected chi connectivity index (χ3v) is 4.71. The molecule has 0 aromatic carbocycles. The van der Waals surface area contributed by atoms with Gasteiger partial charge >= 0.3 is 0 Å². The summed E-state index contributed by atoms with van der Waals surface area (Å²) < 4.78 is 5.91. The minimum atomic E-state index is -0.685. The van der Waals surface area contributed by atoms with Crippen molar-refractivity contribution in [2.24, 2.45) is 11.8 Å². The fraction of sp³-hybridized carbons (Fsp3) is 0.933. The lowest BCUT2D eigenvalue weighted by Gasteiger charge is -2.37. The zero-order chi connectivity index (χ0) is 14.4. The van der Waals surface area contributed by atoms with Crippen LogP contribution in [0.2, 0.25) is 0 Å². The molecular weight excluding hydrogens is 242 g/mol. The minimum Gasteiger partial charge on any atom is -0.392 e. The summed E-state index contributed by atoms with van der Waals surface area (Å²) in [6, 6.07) is 0. The molecule has 0 aliphatic carbocycles. The molecule has 3 unspecified atom stereocenters. The van der Waals surface area contributed by atoms with E-state index in [-0.39, 0.29) is 17.8 Å². The predicted molar refractivity (Wildman–Crippen MR) is 74.0 cm³/mol. The fourth-order valence-corrected chi connectivity index (χ4v) is 3.36. The Hall–Kier alpha value is -0.450. The molecule has 0 aromatic rings. The van der Waals surface area contributed by atoms with Crippen LogP contribution in [0.25, 0.3) is 0 Å². The molecule has 2 saturated heterocycles. The quantitative estimate of drug-likeness (QED) is 0.824. The third-order valence-electron chi connectivity index (χ3n) is 4.71. The number of carbonyl (C=O) groups is 1. The zero-order valence-corrected chi connectivity index (χ0v) is 12.8. The number of piperidine rings is 1. The number of likely N-dealkylation sites (tertiary alicyclic amines) is 1. The molecule has 0 aromatic heterocycles. The van der Waals surface area contributed by atoms with Gasteiger partial charge in [-0.15, -0.1) is 0 Å². The monoisotopic (exact) mass is 269 g/mol. The van der Waals surface area contributed by atoms with Gasteiger partial charge in [-0.05, 0) is 46.6 Å². The van der Waals surface area contributed by atoms with Crippen LogP contribution in [0.4, 0.5) is 0 Å². The highest BCUT2D eigenvalue weighted by Gasteiger charge is 2.53. The number of aliphatic hydroxyl groups is 1. The van der Waals surface area contributed by atoms with Crippen molar-refractivity contribution < 1.29 is 14.6 Å². The molecule has 0 bridgehead atoms. The van der Waals surface area contributed by atoms with Gasteiger partial charge in [0, 0.05) is 13.1 Å². The Bertz CT molecular complexity index is 364. The summed E-state index contributed by atoms with van der Waals surface area (Å²) in [5.41, 5.74) is -1.11. The normalized spacial score (nSPS) is 38.6. The number of Topliss-reactive ketones (excluding diaryl/α,β-unsaturated/α-hetero) is 1. The lowest BCUT2D eigenvalue weighted by Crippen LogP contribution is -2.48. The van der Waals surface area contributed by atoms with Crippen molar-refractivity contribution in [1.82, 2.24) is 4.90 Å². The number of hydrogen-bond acceptors (Lipinski definition) is 4. The van der Waals surface area contributed by atoms with Gasteiger partial charge in [0.05, 0.1) is 17.6 Å². The van der Waals surface area contributed by atoms with Crippen molar-refractivity contribution in [2.45, 2.75) is 58.3 Å². The Kier molecular flexibility index (Phi) is 3.80. The number of hydrogen-bond donors (Lipinski definition) is 1. The van der Waals surface area contributed by atoms with Crippen LogP contribution in [0.1, 0.15) is 41.0 Å². The van der Waals surface area contributed by atoms with E-state index in [1.54, 1.807) is 0 Å². The van der Waals surface area contributed by atoms with Crippen LogP contribution < -0.4 is 0 Å². The van der Waals surface area contributed by atoms with Gasteiger partial charge in [-0.3, -0.25) is 9.69 Å². The molecule has 110 valence electrons. The van der Waals surface area contributed by atoms with Crippen molar-refractivity contribution in [2.75, 3.05) is 19.6 Å². The summed E-state index contributed by atoms with van der Waals surface area (Å²) >= 11 is 0. The van der Waals surface area contributed by atoms with E-state index < -0.39 is 11.2 Å². The number of ketones is 1. The largest absolute Gasteiger partial charge is 0.392 e. The number of aliphatic hydroxyl groups excluding tert-OH is 1. The van der Waals surface area contributed by atoms with E-state index in [0.29, 0.717) is 19.0 Å². The second kappa shape index (κ2) is 4.83. The molecule has 0 spiro atoms. The maximum atomic E-state index is 12.4. The van der Waals surface area contributed by atoms with Crippen molar-refractivity contribution in [3.05, 3.63) is 0 Å². The van der Waals surface area contributed by atoms with Crippen LogP contribution in [-0.4, -0.2) is 52.7 Å². The molecule has 2 fully saturated rings. The van der Waals surface area contributed by atoms with Gasteiger partial charge in [-0.1, -0.05) is 6.92 Å². The Morgan fingerprint density at radius 2 is 2.00 bits per heavy atom. The van der Waals surface area contributed by atoms with E-state index in [9.17, 15) is 9.90 Å². The molecule has 0 amide bonds. The molecule has 4 nitrogen and oxygen atoms in total. The maximum Gasteiger partial charge on any atom is 0.171 e. The minimum absolute atomic E-state index is 0.108. The van der Waals surface area contributed by atoms with Gasteiger partial charge in [0.1, 0.15) is 5.60 Å². The molecule has 3 atom stereocenters. The van der Waals surface area contributed by atoms with Crippen molar-refractivity contribution in [1.29, 1.82) is 0 Å². The van der Waals surface area contributed by atoms with Gasteiger partial charge in [0.2, 0.25) is 0 Å². The van der Waals surface area contributed by atoms with Crippen molar-refractivity contribution in [3.63, 3.8) is 0 Å². The Morgan fingerprint density at radius 1 is 1.37 bits per heavy atom. The zero-order valence-electron chi connectivity index (χ0n) is 12.8. The lowest BCUT2D eigenvalue weighted by atomic mass is 9.84. The van der Waals surface area contributed by atoms with Crippen LogP contribution in [0.3, 0.4) is 0 Å². The first-order valence-electron chi connectivity index (χ1n) is 7.28. The van der Waals surface area contributed by atoms with Crippen LogP contribution >= 0.6 is 0 Å². The molecule has 0 saturated carbocycles. The molecule has 4 heteroatoms. The van der Waals surface area contributed by atoms with Crippen LogP contribution in [0.15, 0.2) is 0 Å². The molecular formula is C15H27NO3. The molecule has 19 heavy (non-hydrogen) atoms. The van der Waals surface area contributed by atoms with E-state index in [1.807, 2.05) is 27.7 Å². The van der Waals surface area contributed by atoms with Gasteiger partial charge < -0.3 is 9.84 Å². The Labute approximate surface area is 116 Å². The van der Waals surface area contributed by atoms with E-state index in [2.05, 4.69) is 11.8 Å². The first-order valence-corrected chi connectivity index (χ1v) is 7.28. The van der Waals surface area contributed by atoms with Gasteiger partial charge in [0.15, 0.2) is 5.78 Å². The lowest BCUT2D eigenvalue weighted by molar-refractivity contribution is -0.132. The topological polar surface area (TPSA) is 49.8 Å². The smallest absolute Gasteiger partial charge is 0.171 e. The molecule has 0 radical (unpaired) electrons. The molecule has 2 heterocycles. The average molecular weight is 269 g/mol. The summed E-state index contributed by atoms with van der Waals surface area (Å²) in [7, 11) is 0. The van der Waals surface area contributed by atoms with Crippen molar-refractivity contribution >= 4 is 5.78 Å². The number of ether oxygens (including phenoxy) is 1. The second-order valence-electron chi connectivity index (χ2n) is 7.23. The molecule has 2 aliphatic rings.